The average Bonchev–Trinajstić information content (AvgIpc) is 2.67. The van der Waals surface area contributed by atoms with E-state index < -0.39 is 0 Å². The summed E-state index contributed by atoms with van der Waals surface area (Å²) in [5.41, 5.74) is 1.09. The van der Waals surface area contributed by atoms with Crippen molar-refractivity contribution in [1.82, 2.24) is 9.80 Å². The van der Waals surface area contributed by atoms with Crippen LogP contribution in [0.3, 0.4) is 0 Å². The van der Waals surface area contributed by atoms with Crippen LogP contribution in [0.25, 0.3) is 0 Å². The summed E-state index contributed by atoms with van der Waals surface area (Å²) in [6.07, 6.45) is 5.41. The Morgan fingerprint density at radius 2 is 1.88 bits per heavy atom. The lowest BCUT2D eigenvalue weighted by molar-refractivity contribution is -0.133. The smallest absolute Gasteiger partial charge is 0.222 e. The van der Waals surface area contributed by atoms with E-state index in [0.29, 0.717) is 12.5 Å². The molecule has 1 unspecified atom stereocenters. The molecule has 0 saturated carbocycles. The van der Waals surface area contributed by atoms with E-state index in [9.17, 15) is 9.18 Å². The Morgan fingerprint density at radius 1 is 1.16 bits per heavy atom. The van der Waals surface area contributed by atoms with Crippen LogP contribution in [0.15, 0.2) is 36.9 Å². The van der Waals surface area contributed by atoms with Gasteiger partial charge in [0.15, 0.2) is 0 Å². The Labute approximate surface area is 149 Å². The van der Waals surface area contributed by atoms with Crippen molar-refractivity contribution in [3.63, 3.8) is 0 Å². The molecule has 4 nitrogen and oxygen atoms in total. The van der Waals surface area contributed by atoms with Gasteiger partial charge < -0.3 is 9.80 Å². The van der Waals surface area contributed by atoms with Gasteiger partial charge in [-0.1, -0.05) is 6.08 Å². The van der Waals surface area contributed by atoms with Crippen molar-refractivity contribution in [2.75, 3.05) is 44.2 Å². The molecule has 1 amide bonds. The molecule has 3 rings (SSSR count). The Hall–Kier alpha value is -1.88. The maximum absolute atomic E-state index is 13.1. The number of rotatable bonds is 5. The Bertz CT molecular complexity index is 581. The normalized spacial score (nSPS) is 22.0. The second-order valence-electron chi connectivity index (χ2n) is 6.96. The van der Waals surface area contributed by atoms with Gasteiger partial charge in [-0.05, 0) is 43.5 Å². The summed E-state index contributed by atoms with van der Waals surface area (Å²) < 4.78 is 13.1. The molecule has 2 aliphatic rings. The number of piperidine rings is 1. The van der Waals surface area contributed by atoms with Gasteiger partial charge >= 0.3 is 0 Å². The molecule has 5 heteroatoms. The Morgan fingerprint density at radius 3 is 2.56 bits per heavy atom. The molecule has 0 aliphatic carbocycles. The highest BCUT2D eigenvalue weighted by molar-refractivity contribution is 5.76. The number of carbonyl (C=O) groups is 1. The Kier molecular flexibility index (Phi) is 6.08. The predicted molar refractivity (Wildman–Crippen MR) is 99.2 cm³/mol. The number of allylic oxidation sites excluding steroid dienone is 1. The number of piperazine rings is 1. The van der Waals surface area contributed by atoms with E-state index in [1.54, 1.807) is 0 Å². The standard InChI is InChI=1S/C20H28FN3O/c1-2-3-6-20(25)24-11-4-5-19(16-24)23-14-12-22(13-15-23)18-9-7-17(21)8-10-18/h2,7-10,19H,1,3-6,11-16H2. The van der Waals surface area contributed by atoms with Crippen molar-refractivity contribution in [2.45, 2.75) is 31.7 Å². The topological polar surface area (TPSA) is 26.8 Å². The zero-order valence-electron chi connectivity index (χ0n) is 14.9. The molecule has 1 aromatic carbocycles. The molecule has 2 aliphatic heterocycles. The first kappa shape index (κ1) is 17.9. The molecule has 2 saturated heterocycles. The van der Waals surface area contributed by atoms with Crippen molar-refractivity contribution in [3.8, 4) is 0 Å². The highest BCUT2D eigenvalue weighted by atomic mass is 19.1. The summed E-state index contributed by atoms with van der Waals surface area (Å²) in [7, 11) is 0. The van der Waals surface area contributed by atoms with Gasteiger partial charge in [0, 0.05) is 57.4 Å². The van der Waals surface area contributed by atoms with Crippen molar-refractivity contribution in [1.29, 1.82) is 0 Å². The number of carbonyl (C=O) groups excluding carboxylic acids is 1. The highest BCUT2D eigenvalue weighted by Gasteiger charge is 2.29. The molecule has 2 heterocycles. The van der Waals surface area contributed by atoms with Gasteiger partial charge in [-0.15, -0.1) is 6.58 Å². The largest absolute Gasteiger partial charge is 0.369 e. The van der Waals surface area contributed by atoms with Gasteiger partial charge in [0.25, 0.3) is 0 Å². The number of nitrogens with zero attached hydrogens (tertiary/aromatic N) is 3. The molecule has 0 bridgehead atoms. The highest BCUT2D eigenvalue weighted by Crippen LogP contribution is 2.21. The molecular weight excluding hydrogens is 317 g/mol. The molecule has 0 N–H and O–H groups in total. The van der Waals surface area contributed by atoms with Crippen LogP contribution in [0, 0.1) is 5.82 Å². The maximum atomic E-state index is 13.1. The van der Waals surface area contributed by atoms with E-state index in [0.717, 1.165) is 57.8 Å². The minimum absolute atomic E-state index is 0.189. The third kappa shape index (κ3) is 4.60. The summed E-state index contributed by atoms with van der Waals surface area (Å²) in [4.78, 5) is 19.1. The fourth-order valence-corrected chi connectivity index (χ4v) is 3.86. The summed E-state index contributed by atoms with van der Waals surface area (Å²) in [6.45, 7) is 9.34. The quantitative estimate of drug-likeness (QED) is 0.768. The zero-order valence-corrected chi connectivity index (χ0v) is 14.9. The number of halogens is 1. The molecule has 0 spiro atoms. The lowest BCUT2D eigenvalue weighted by Gasteiger charge is -2.44. The van der Waals surface area contributed by atoms with Crippen molar-refractivity contribution < 1.29 is 9.18 Å². The maximum Gasteiger partial charge on any atom is 0.222 e. The third-order valence-electron chi connectivity index (χ3n) is 5.33. The minimum Gasteiger partial charge on any atom is -0.369 e. The van der Waals surface area contributed by atoms with E-state index in [4.69, 9.17) is 0 Å². The van der Waals surface area contributed by atoms with Crippen molar-refractivity contribution in [3.05, 3.63) is 42.7 Å². The van der Waals surface area contributed by atoms with E-state index >= 15 is 0 Å². The molecule has 1 aromatic rings. The fraction of sp³-hybridized carbons (Fsp3) is 0.550. The van der Waals surface area contributed by atoms with Gasteiger partial charge in [-0.2, -0.15) is 0 Å². The molecule has 0 aromatic heterocycles. The van der Waals surface area contributed by atoms with Gasteiger partial charge in [-0.3, -0.25) is 9.69 Å². The van der Waals surface area contributed by atoms with Crippen LogP contribution in [0.4, 0.5) is 10.1 Å². The fourth-order valence-electron chi connectivity index (χ4n) is 3.86. The molecular formula is C20H28FN3O. The van der Waals surface area contributed by atoms with Gasteiger partial charge in [-0.25, -0.2) is 4.39 Å². The third-order valence-corrected chi connectivity index (χ3v) is 5.33. The first-order chi connectivity index (χ1) is 12.2. The van der Waals surface area contributed by atoms with Crippen LogP contribution in [-0.4, -0.2) is 61.0 Å². The van der Waals surface area contributed by atoms with Crippen molar-refractivity contribution >= 4 is 11.6 Å². The average molecular weight is 345 g/mol. The summed E-state index contributed by atoms with van der Waals surface area (Å²) >= 11 is 0. The van der Waals surface area contributed by atoms with Crippen LogP contribution >= 0.6 is 0 Å². The van der Waals surface area contributed by atoms with Gasteiger partial charge in [0.2, 0.25) is 5.91 Å². The lowest BCUT2D eigenvalue weighted by atomic mass is 10.0. The number of benzene rings is 1. The van der Waals surface area contributed by atoms with Crippen molar-refractivity contribution in [2.24, 2.45) is 0 Å². The summed E-state index contributed by atoms with van der Waals surface area (Å²) in [5.74, 6) is 0.0698. The number of anilines is 1. The minimum atomic E-state index is -0.189. The van der Waals surface area contributed by atoms with Crippen LogP contribution in [0.2, 0.25) is 0 Å². The molecule has 25 heavy (non-hydrogen) atoms. The first-order valence-electron chi connectivity index (χ1n) is 9.30. The van der Waals surface area contributed by atoms with Crippen LogP contribution < -0.4 is 4.90 Å². The van der Waals surface area contributed by atoms with E-state index in [2.05, 4.69) is 16.4 Å². The zero-order chi connectivity index (χ0) is 17.6. The lowest BCUT2D eigenvalue weighted by Crippen LogP contribution is -2.55. The summed E-state index contributed by atoms with van der Waals surface area (Å²) in [6, 6.07) is 7.22. The second kappa shape index (κ2) is 8.48. The van der Waals surface area contributed by atoms with Crippen LogP contribution in [-0.2, 0) is 4.79 Å². The molecule has 2 fully saturated rings. The number of likely N-dealkylation sites (tertiary alicyclic amines) is 1. The first-order valence-corrected chi connectivity index (χ1v) is 9.30. The molecule has 1 atom stereocenters. The SMILES string of the molecule is C=CCCC(=O)N1CCCC(N2CCN(c3ccc(F)cc3)CC2)C1. The van der Waals surface area contributed by atoms with E-state index in [1.807, 2.05) is 23.1 Å². The molecule has 136 valence electrons. The monoisotopic (exact) mass is 345 g/mol. The molecule has 0 radical (unpaired) electrons. The van der Waals surface area contributed by atoms with Gasteiger partial charge in [0.05, 0.1) is 0 Å². The van der Waals surface area contributed by atoms with Gasteiger partial charge in [0.1, 0.15) is 5.82 Å². The van der Waals surface area contributed by atoms with Crippen LogP contribution in [0.5, 0.6) is 0 Å². The van der Waals surface area contributed by atoms with Crippen LogP contribution in [0.1, 0.15) is 25.7 Å². The van der Waals surface area contributed by atoms with E-state index in [1.165, 1.54) is 18.6 Å². The van der Waals surface area contributed by atoms with E-state index in [-0.39, 0.29) is 11.7 Å². The number of hydrogen-bond donors (Lipinski definition) is 0. The number of amides is 1. The second-order valence-corrected chi connectivity index (χ2v) is 6.96. The number of hydrogen-bond acceptors (Lipinski definition) is 3. The Balaban J connectivity index is 1.51. The predicted octanol–water partition coefficient (Wildman–Crippen LogP) is 2.90. The summed E-state index contributed by atoms with van der Waals surface area (Å²) in [5, 5.41) is 0.